The number of nitrogens with zero attached hydrogens (tertiary/aromatic N) is 1. The van der Waals surface area contributed by atoms with Crippen LogP contribution in [-0.4, -0.2) is 30.6 Å². The number of benzene rings is 1. The Morgan fingerprint density at radius 2 is 1.95 bits per heavy atom. The maximum absolute atomic E-state index is 12.6. The highest BCUT2D eigenvalue weighted by Gasteiger charge is 2.16. The Bertz CT molecular complexity index is 403. The molecule has 2 nitrogen and oxygen atoms in total. The number of hydrogen-bond donors (Lipinski definition) is 1. The van der Waals surface area contributed by atoms with Crippen LogP contribution >= 0.6 is 0 Å². The summed E-state index contributed by atoms with van der Waals surface area (Å²) >= 11 is 0. The van der Waals surface area contributed by atoms with E-state index < -0.39 is 6.43 Å². The van der Waals surface area contributed by atoms with Gasteiger partial charge in [0.15, 0.2) is 0 Å². The second-order valence-corrected chi connectivity index (χ2v) is 5.62. The van der Waals surface area contributed by atoms with Crippen molar-refractivity contribution in [3.63, 3.8) is 0 Å². The van der Waals surface area contributed by atoms with Crippen molar-refractivity contribution in [3.05, 3.63) is 35.4 Å². The Morgan fingerprint density at radius 3 is 2.65 bits per heavy atom. The van der Waals surface area contributed by atoms with Gasteiger partial charge in [-0.1, -0.05) is 24.6 Å². The minimum Gasteiger partial charge on any atom is -0.311 e. The Labute approximate surface area is 120 Å². The maximum Gasteiger partial charge on any atom is 0.263 e. The molecule has 1 unspecified atom stereocenters. The fourth-order valence-corrected chi connectivity index (χ4v) is 2.75. The van der Waals surface area contributed by atoms with Crippen LogP contribution in [0.15, 0.2) is 24.3 Å². The zero-order valence-corrected chi connectivity index (χ0v) is 12.1. The molecule has 20 heavy (non-hydrogen) atoms. The van der Waals surface area contributed by atoms with Crippen molar-refractivity contribution in [2.45, 2.75) is 45.2 Å². The van der Waals surface area contributed by atoms with Gasteiger partial charge in [0.05, 0.1) is 0 Å². The van der Waals surface area contributed by atoms with Gasteiger partial charge in [-0.05, 0) is 44.5 Å². The second-order valence-electron chi connectivity index (χ2n) is 5.62. The Hall–Kier alpha value is -1.00. The van der Waals surface area contributed by atoms with Crippen LogP contribution in [0.3, 0.4) is 0 Å². The van der Waals surface area contributed by atoms with Crippen molar-refractivity contribution in [2.75, 3.05) is 19.6 Å². The molecule has 0 bridgehead atoms. The molecule has 4 heteroatoms. The molecule has 1 heterocycles. The molecule has 1 aromatic carbocycles. The molecule has 1 aliphatic rings. The summed E-state index contributed by atoms with van der Waals surface area (Å²) < 4.78 is 25.2. The number of likely N-dealkylation sites (tertiary alicyclic amines) is 1. The van der Waals surface area contributed by atoms with Crippen LogP contribution in [0.2, 0.25) is 0 Å². The summed E-state index contributed by atoms with van der Waals surface area (Å²) in [4.78, 5) is 2.51. The molecule has 1 N–H and O–H groups in total. The standard InChI is InChI=1S/C16H24F2N2/c1-13(20-8-3-2-4-9-20)11-19-12-14-6-5-7-15(10-14)16(17)18/h5-7,10,13,16,19H,2-4,8-9,11-12H2,1H3. The summed E-state index contributed by atoms with van der Waals surface area (Å²) in [7, 11) is 0. The topological polar surface area (TPSA) is 15.3 Å². The highest BCUT2D eigenvalue weighted by molar-refractivity contribution is 5.24. The predicted octanol–water partition coefficient (Wildman–Crippen LogP) is 3.59. The number of rotatable bonds is 6. The molecule has 0 saturated carbocycles. The van der Waals surface area contributed by atoms with Crippen molar-refractivity contribution in [3.8, 4) is 0 Å². The zero-order valence-electron chi connectivity index (χ0n) is 12.1. The molecule has 1 aliphatic heterocycles. The maximum atomic E-state index is 12.6. The third-order valence-electron chi connectivity index (χ3n) is 3.99. The van der Waals surface area contributed by atoms with E-state index in [4.69, 9.17) is 0 Å². The Morgan fingerprint density at radius 1 is 1.20 bits per heavy atom. The molecule has 112 valence electrons. The quantitative estimate of drug-likeness (QED) is 0.858. The molecule has 0 amide bonds. The van der Waals surface area contributed by atoms with E-state index in [0.29, 0.717) is 12.6 Å². The summed E-state index contributed by atoms with van der Waals surface area (Å²) in [6, 6.07) is 7.17. The minimum atomic E-state index is -2.39. The first-order valence-electron chi connectivity index (χ1n) is 7.48. The first kappa shape index (κ1) is 15.4. The Balaban J connectivity index is 1.76. The fourth-order valence-electron chi connectivity index (χ4n) is 2.75. The number of halogens is 2. The number of nitrogens with one attached hydrogen (secondary N) is 1. The van der Waals surface area contributed by atoms with Crippen molar-refractivity contribution in [2.24, 2.45) is 0 Å². The third kappa shape index (κ3) is 4.53. The molecule has 1 aromatic rings. The van der Waals surface area contributed by atoms with Gasteiger partial charge in [-0.25, -0.2) is 8.78 Å². The SMILES string of the molecule is CC(CNCc1cccc(C(F)F)c1)N1CCCCC1. The van der Waals surface area contributed by atoms with Crippen LogP contribution < -0.4 is 5.32 Å². The largest absolute Gasteiger partial charge is 0.311 e. The van der Waals surface area contributed by atoms with E-state index in [1.807, 2.05) is 6.07 Å². The van der Waals surface area contributed by atoms with Gasteiger partial charge >= 0.3 is 0 Å². The fraction of sp³-hybridized carbons (Fsp3) is 0.625. The first-order valence-corrected chi connectivity index (χ1v) is 7.48. The zero-order chi connectivity index (χ0) is 14.4. The summed E-state index contributed by atoms with van der Waals surface area (Å²) in [5, 5.41) is 3.38. The van der Waals surface area contributed by atoms with Gasteiger partial charge in [-0.2, -0.15) is 0 Å². The van der Waals surface area contributed by atoms with E-state index in [9.17, 15) is 8.78 Å². The van der Waals surface area contributed by atoms with E-state index in [2.05, 4.69) is 17.1 Å². The lowest BCUT2D eigenvalue weighted by atomic mass is 10.1. The van der Waals surface area contributed by atoms with E-state index in [-0.39, 0.29) is 5.56 Å². The third-order valence-corrected chi connectivity index (χ3v) is 3.99. The van der Waals surface area contributed by atoms with Crippen LogP contribution in [0.25, 0.3) is 0 Å². The van der Waals surface area contributed by atoms with Crippen molar-refractivity contribution < 1.29 is 8.78 Å². The number of hydrogen-bond acceptors (Lipinski definition) is 2. The van der Waals surface area contributed by atoms with E-state index in [1.54, 1.807) is 12.1 Å². The van der Waals surface area contributed by atoms with Crippen LogP contribution in [0.4, 0.5) is 8.78 Å². The molecule has 1 atom stereocenters. The highest BCUT2D eigenvalue weighted by atomic mass is 19.3. The van der Waals surface area contributed by atoms with Gasteiger partial charge in [-0.3, -0.25) is 4.90 Å². The number of piperidine rings is 1. The highest BCUT2D eigenvalue weighted by Crippen LogP contribution is 2.19. The monoisotopic (exact) mass is 282 g/mol. The summed E-state index contributed by atoms with van der Waals surface area (Å²) in [6.07, 6.45) is 1.54. The molecule has 0 aromatic heterocycles. The summed E-state index contributed by atoms with van der Waals surface area (Å²) in [5.74, 6) is 0. The lowest BCUT2D eigenvalue weighted by Crippen LogP contribution is -2.42. The van der Waals surface area contributed by atoms with Gasteiger partial charge < -0.3 is 5.32 Å². The van der Waals surface area contributed by atoms with Gasteiger partial charge in [-0.15, -0.1) is 0 Å². The summed E-state index contributed by atoms with van der Waals surface area (Å²) in [5.41, 5.74) is 1.03. The summed E-state index contributed by atoms with van der Waals surface area (Å²) in [6.45, 7) is 6.15. The number of alkyl halides is 2. The van der Waals surface area contributed by atoms with E-state index in [0.717, 1.165) is 12.1 Å². The van der Waals surface area contributed by atoms with Gasteiger partial charge in [0.1, 0.15) is 0 Å². The van der Waals surface area contributed by atoms with Gasteiger partial charge in [0, 0.05) is 24.7 Å². The van der Waals surface area contributed by atoms with Gasteiger partial charge in [0.25, 0.3) is 6.43 Å². The van der Waals surface area contributed by atoms with Crippen LogP contribution in [0.1, 0.15) is 43.7 Å². The first-order chi connectivity index (χ1) is 9.66. The normalized spacial score (nSPS) is 18.4. The molecular weight excluding hydrogens is 258 g/mol. The lowest BCUT2D eigenvalue weighted by molar-refractivity contribution is 0.151. The smallest absolute Gasteiger partial charge is 0.263 e. The van der Waals surface area contributed by atoms with Crippen LogP contribution in [-0.2, 0) is 6.54 Å². The average Bonchev–Trinajstić information content (AvgIpc) is 2.48. The molecule has 1 fully saturated rings. The minimum absolute atomic E-state index is 0.105. The molecule has 0 radical (unpaired) electrons. The molecule has 0 aliphatic carbocycles. The van der Waals surface area contributed by atoms with Crippen molar-refractivity contribution >= 4 is 0 Å². The van der Waals surface area contributed by atoms with Crippen LogP contribution in [0.5, 0.6) is 0 Å². The molecule has 0 spiro atoms. The average molecular weight is 282 g/mol. The van der Waals surface area contributed by atoms with Crippen molar-refractivity contribution in [1.29, 1.82) is 0 Å². The van der Waals surface area contributed by atoms with E-state index in [1.165, 1.54) is 38.4 Å². The van der Waals surface area contributed by atoms with E-state index >= 15 is 0 Å². The second kappa shape index (κ2) is 7.70. The van der Waals surface area contributed by atoms with Crippen LogP contribution in [0, 0.1) is 0 Å². The predicted molar refractivity (Wildman–Crippen MR) is 78.0 cm³/mol. The Kier molecular flexibility index (Phi) is 5.92. The molecular formula is C16H24F2N2. The lowest BCUT2D eigenvalue weighted by Gasteiger charge is -2.32. The van der Waals surface area contributed by atoms with Gasteiger partial charge in [0.2, 0.25) is 0 Å². The molecule has 1 saturated heterocycles. The molecule has 2 rings (SSSR count). The van der Waals surface area contributed by atoms with Crippen molar-refractivity contribution in [1.82, 2.24) is 10.2 Å².